The summed E-state index contributed by atoms with van der Waals surface area (Å²) in [4.78, 5) is 35.3. The van der Waals surface area contributed by atoms with Gasteiger partial charge in [-0.15, -0.1) is 0 Å². The third-order valence-electron chi connectivity index (χ3n) is 3.52. The van der Waals surface area contributed by atoms with Crippen LogP contribution in [0.4, 0.5) is 4.79 Å². The van der Waals surface area contributed by atoms with E-state index in [1.165, 1.54) is 0 Å². The molecule has 5 N–H and O–H groups in total. The maximum absolute atomic E-state index is 12.3. The Morgan fingerprint density at radius 2 is 1.79 bits per heavy atom. The summed E-state index contributed by atoms with van der Waals surface area (Å²) in [6.07, 6.45) is 2.68. The first kappa shape index (κ1) is 22.2. The van der Waals surface area contributed by atoms with E-state index in [2.05, 4.69) is 10.6 Å². The number of aliphatic carboxylic acids is 1. The van der Waals surface area contributed by atoms with Gasteiger partial charge in [0.15, 0.2) is 0 Å². The standard InChI is InChI=1S/C16H31N3O5/c1-4-5-10-24-16(23)18-12(8-6-7-9-17)14(20)19-13(11(2)3)15(21)22/h11-13H,4-10,17H2,1-3H3,(H,18,23)(H,19,20)(H,21,22). The molecule has 8 heteroatoms. The largest absolute Gasteiger partial charge is 0.480 e. The van der Waals surface area contributed by atoms with Gasteiger partial charge >= 0.3 is 12.1 Å². The van der Waals surface area contributed by atoms with Crippen molar-refractivity contribution in [2.75, 3.05) is 13.2 Å². The fourth-order valence-corrected chi connectivity index (χ4v) is 2.02. The van der Waals surface area contributed by atoms with Crippen molar-refractivity contribution in [1.82, 2.24) is 10.6 Å². The van der Waals surface area contributed by atoms with E-state index in [-0.39, 0.29) is 12.5 Å². The topological polar surface area (TPSA) is 131 Å². The third-order valence-corrected chi connectivity index (χ3v) is 3.52. The van der Waals surface area contributed by atoms with E-state index < -0.39 is 30.1 Å². The van der Waals surface area contributed by atoms with E-state index in [9.17, 15) is 19.5 Å². The summed E-state index contributed by atoms with van der Waals surface area (Å²) >= 11 is 0. The van der Waals surface area contributed by atoms with Crippen molar-refractivity contribution < 1.29 is 24.2 Å². The highest BCUT2D eigenvalue weighted by Gasteiger charge is 2.28. The summed E-state index contributed by atoms with van der Waals surface area (Å²) in [5.74, 6) is -1.90. The first-order chi connectivity index (χ1) is 11.3. The van der Waals surface area contributed by atoms with Crippen LogP contribution in [-0.2, 0) is 14.3 Å². The number of nitrogens with two attached hydrogens (primary N) is 1. The zero-order valence-corrected chi connectivity index (χ0v) is 14.8. The monoisotopic (exact) mass is 345 g/mol. The van der Waals surface area contributed by atoms with Crippen LogP contribution in [0.2, 0.25) is 0 Å². The second-order valence-corrected chi connectivity index (χ2v) is 6.04. The zero-order valence-electron chi connectivity index (χ0n) is 14.8. The lowest BCUT2D eigenvalue weighted by atomic mass is 10.0. The molecule has 0 radical (unpaired) electrons. The van der Waals surface area contributed by atoms with Crippen molar-refractivity contribution in [3.05, 3.63) is 0 Å². The van der Waals surface area contributed by atoms with Gasteiger partial charge in [-0.1, -0.05) is 27.2 Å². The normalized spacial score (nSPS) is 13.2. The van der Waals surface area contributed by atoms with E-state index >= 15 is 0 Å². The molecule has 24 heavy (non-hydrogen) atoms. The van der Waals surface area contributed by atoms with Crippen molar-refractivity contribution in [3.63, 3.8) is 0 Å². The average molecular weight is 345 g/mol. The first-order valence-electron chi connectivity index (χ1n) is 8.50. The molecular formula is C16H31N3O5. The lowest BCUT2D eigenvalue weighted by Crippen LogP contribution is -2.53. The van der Waals surface area contributed by atoms with Crippen LogP contribution < -0.4 is 16.4 Å². The van der Waals surface area contributed by atoms with Crippen LogP contribution >= 0.6 is 0 Å². The number of hydrogen-bond donors (Lipinski definition) is 4. The molecule has 2 unspecified atom stereocenters. The molecule has 0 heterocycles. The van der Waals surface area contributed by atoms with Gasteiger partial charge in [-0.3, -0.25) is 4.79 Å². The van der Waals surface area contributed by atoms with Crippen molar-refractivity contribution in [2.24, 2.45) is 11.7 Å². The fraction of sp³-hybridized carbons (Fsp3) is 0.812. The second kappa shape index (κ2) is 12.6. The molecule has 0 aromatic carbocycles. The van der Waals surface area contributed by atoms with Gasteiger partial charge in [0.05, 0.1) is 6.61 Å². The highest BCUT2D eigenvalue weighted by Crippen LogP contribution is 2.06. The van der Waals surface area contributed by atoms with Crippen LogP contribution in [0.15, 0.2) is 0 Å². The summed E-state index contributed by atoms with van der Waals surface area (Å²) in [6.45, 7) is 6.15. The molecular weight excluding hydrogens is 314 g/mol. The predicted molar refractivity (Wildman–Crippen MR) is 90.5 cm³/mol. The average Bonchev–Trinajstić information content (AvgIpc) is 2.51. The predicted octanol–water partition coefficient (Wildman–Crippen LogP) is 1.24. The third kappa shape index (κ3) is 9.34. The highest BCUT2D eigenvalue weighted by molar-refractivity contribution is 5.89. The Labute approximate surface area is 143 Å². The summed E-state index contributed by atoms with van der Waals surface area (Å²) in [7, 11) is 0. The Morgan fingerprint density at radius 3 is 2.29 bits per heavy atom. The molecule has 0 fully saturated rings. The Bertz CT molecular complexity index is 401. The zero-order chi connectivity index (χ0) is 18.5. The Balaban J connectivity index is 4.74. The first-order valence-corrected chi connectivity index (χ1v) is 8.50. The van der Waals surface area contributed by atoms with Crippen molar-refractivity contribution in [2.45, 2.75) is 65.0 Å². The molecule has 2 amide bonds. The van der Waals surface area contributed by atoms with Gasteiger partial charge in [-0.05, 0) is 38.1 Å². The lowest BCUT2D eigenvalue weighted by molar-refractivity contribution is -0.143. The molecule has 0 rings (SSSR count). The van der Waals surface area contributed by atoms with Crippen LogP contribution in [0.3, 0.4) is 0 Å². The number of carbonyl (C=O) groups is 3. The molecule has 8 nitrogen and oxygen atoms in total. The minimum absolute atomic E-state index is 0.271. The summed E-state index contributed by atoms with van der Waals surface area (Å²) < 4.78 is 5.00. The smallest absolute Gasteiger partial charge is 0.407 e. The molecule has 140 valence electrons. The molecule has 0 saturated heterocycles. The molecule has 0 aliphatic rings. The lowest BCUT2D eigenvalue weighted by Gasteiger charge is -2.23. The number of hydrogen-bond acceptors (Lipinski definition) is 5. The van der Waals surface area contributed by atoms with E-state index in [0.29, 0.717) is 25.8 Å². The van der Waals surface area contributed by atoms with Crippen molar-refractivity contribution in [1.29, 1.82) is 0 Å². The highest BCUT2D eigenvalue weighted by atomic mass is 16.5. The number of ether oxygens (including phenoxy) is 1. The summed E-state index contributed by atoms with van der Waals surface area (Å²) in [5.41, 5.74) is 5.44. The minimum Gasteiger partial charge on any atom is -0.480 e. The maximum atomic E-state index is 12.3. The van der Waals surface area contributed by atoms with Crippen LogP contribution in [0.1, 0.15) is 52.9 Å². The van der Waals surface area contributed by atoms with Crippen LogP contribution in [0.25, 0.3) is 0 Å². The molecule has 0 aromatic rings. The van der Waals surface area contributed by atoms with Gasteiger partial charge in [0.25, 0.3) is 0 Å². The number of alkyl carbamates (subject to hydrolysis) is 1. The quantitative estimate of drug-likeness (QED) is 0.394. The van der Waals surface area contributed by atoms with Crippen LogP contribution in [0.5, 0.6) is 0 Å². The number of unbranched alkanes of at least 4 members (excludes halogenated alkanes) is 2. The van der Waals surface area contributed by atoms with Gasteiger partial charge in [0.1, 0.15) is 12.1 Å². The van der Waals surface area contributed by atoms with Crippen molar-refractivity contribution in [3.8, 4) is 0 Å². The number of carboxylic acid groups (broad SMARTS) is 1. The van der Waals surface area contributed by atoms with Crippen LogP contribution in [-0.4, -0.2) is 48.3 Å². The number of carboxylic acids is 1. The molecule has 0 spiro atoms. The Hall–Kier alpha value is -1.83. The van der Waals surface area contributed by atoms with Crippen LogP contribution in [0, 0.1) is 5.92 Å². The SMILES string of the molecule is CCCCOC(=O)NC(CCCCN)C(=O)NC(C(=O)O)C(C)C. The van der Waals surface area contributed by atoms with Gasteiger partial charge in [-0.25, -0.2) is 9.59 Å². The number of carbonyl (C=O) groups excluding carboxylic acids is 2. The van der Waals surface area contributed by atoms with E-state index in [1.54, 1.807) is 13.8 Å². The van der Waals surface area contributed by atoms with E-state index in [1.807, 2.05) is 6.92 Å². The second-order valence-electron chi connectivity index (χ2n) is 6.04. The Morgan fingerprint density at radius 1 is 1.12 bits per heavy atom. The van der Waals surface area contributed by atoms with Gasteiger partial charge in [0, 0.05) is 0 Å². The van der Waals surface area contributed by atoms with Gasteiger partial charge in [-0.2, -0.15) is 0 Å². The Kier molecular flexibility index (Phi) is 11.6. The maximum Gasteiger partial charge on any atom is 0.407 e. The molecule has 0 aliphatic carbocycles. The van der Waals surface area contributed by atoms with E-state index in [0.717, 1.165) is 12.8 Å². The molecule has 0 saturated carbocycles. The van der Waals surface area contributed by atoms with Gasteiger partial charge < -0.3 is 26.2 Å². The number of nitrogens with one attached hydrogen (secondary N) is 2. The molecule has 2 atom stereocenters. The summed E-state index contributed by atoms with van der Waals surface area (Å²) in [5, 5.41) is 14.2. The number of amides is 2. The fourth-order valence-electron chi connectivity index (χ4n) is 2.02. The summed E-state index contributed by atoms with van der Waals surface area (Å²) in [6, 6.07) is -1.85. The van der Waals surface area contributed by atoms with Gasteiger partial charge in [0.2, 0.25) is 5.91 Å². The molecule has 0 aliphatic heterocycles. The number of rotatable bonds is 12. The molecule has 0 bridgehead atoms. The molecule has 0 aromatic heterocycles. The minimum atomic E-state index is -1.11. The van der Waals surface area contributed by atoms with E-state index in [4.69, 9.17) is 10.5 Å². The van der Waals surface area contributed by atoms with Crippen molar-refractivity contribution >= 4 is 18.0 Å².